The van der Waals surface area contributed by atoms with Crippen LogP contribution in [0.1, 0.15) is 21.6 Å². The fourth-order valence-corrected chi connectivity index (χ4v) is 2.32. The third kappa shape index (κ3) is 3.90. The number of aromatic nitrogens is 2. The second-order valence-electron chi connectivity index (χ2n) is 5.13. The van der Waals surface area contributed by atoms with Gasteiger partial charge in [-0.3, -0.25) is 4.79 Å². The molecule has 0 radical (unpaired) electrons. The van der Waals surface area contributed by atoms with E-state index in [0.717, 1.165) is 6.07 Å². The molecular formula is C15H13F3N4O3. The van der Waals surface area contributed by atoms with Crippen LogP contribution in [-0.2, 0) is 13.1 Å². The lowest BCUT2D eigenvalue weighted by molar-refractivity contribution is -0.274. The second-order valence-corrected chi connectivity index (χ2v) is 5.13. The zero-order chi connectivity index (χ0) is 18.0. The number of halogens is 3. The van der Waals surface area contributed by atoms with Crippen molar-refractivity contribution in [3.05, 3.63) is 41.2 Å². The Kier molecular flexibility index (Phi) is 4.34. The molecule has 25 heavy (non-hydrogen) atoms. The molecule has 0 saturated carbocycles. The van der Waals surface area contributed by atoms with Gasteiger partial charge in [-0.1, -0.05) is 0 Å². The summed E-state index contributed by atoms with van der Waals surface area (Å²) in [5.41, 5.74) is 1.59. The minimum atomic E-state index is -4.77. The third-order valence-electron chi connectivity index (χ3n) is 3.45. The Morgan fingerprint density at radius 2 is 2.16 bits per heavy atom. The topological polar surface area (TPSA) is 85.4 Å². The van der Waals surface area contributed by atoms with Crippen LogP contribution in [0.15, 0.2) is 24.4 Å². The molecule has 7 nitrogen and oxygen atoms in total. The van der Waals surface area contributed by atoms with Crippen molar-refractivity contribution in [1.29, 1.82) is 0 Å². The van der Waals surface area contributed by atoms with Gasteiger partial charge in [-0.2, -0.15) is 0 Å². The summed E-state index contributed by atoms with van der Waals surface area (Å²) in [5, 5.41) is 5.54. The molecule has 1 amide bonds. The largest absolute Gasteiger partial charge is 0.573 e. The van der Waals surface area contributed by atoms with E-state index < -0.39 is 6.36 Å². The Balaban J connectivity index is 1.73. The first-order chi connectivity index (χ1) is 11.9. The number of fused-ring (bicyclic) bond motifs is 1. The molecule has 132 valence electrons. The highest BCUT2D eigenvalue weighted by Gasteiger charge is 2.31. The summed E-state index contributed by atoms with van der Waals surface area (Å²) in [7, 11) is 1.34. The van der Waals surface area contributed by atoms with E-state index in [4.69, 9.17) is 4.74 Å². The SMILES string of the molecule is COc1cc(OC(F)(F)F)ccc1CNc1ncc2c(n1)C(=O)NC2. The molecule has 1 aliphatic heterocycles. The maximum absolute atomic E-state index is 12.3. The summed E-state index contributed by atoms with van der Waals surface area (Å²) >= 11 is 0. The van der Waals surface area contributed by atoms with Crippen molar-refractivity contribution in [2.24, 2.45) is 0 Å². The first kappa shape index (κ1) is 16.8. The van der Waals surface area contributed by atoms with Gasteiger partial charge in [0.1, 0.15) is 17.2 Å². The Morgan fingerprint density at radius 1 is 1.36 bits per heavy atom. The number of ether oxygens (including phenoxy) is 2. The highest BCUT2D eigenvalue weighted by Crippen LogP contribution is 2.29. The van der Waals surface area contributed by atoms with Gasteiger partial charge in [-0.15, -0.1) is 13.2 Å². The minimum Gasteiger partial charge on any atom is -0.496 e. The van der Waals surface area contributed by atoms with E-state index in [0.29, 0.717) is 23.4 Å². The number of anilines is 1. The van der Waals surface area contributed by atoms with Crippen LogP contribution in [-0.4, -0.2) is 29.3 Å². The van der Waals surface area contributed by atoms with Gasteiger partial charge in [0.25, 0.3) is 5.91 Å². The number of carbonyl (C=O) groups excluding carboxylic acids is 1. The average molecular weight is 354 g/mol. The second kappa shape index (κ2) is 6.46. The van der Waals surface area contributed by atoms with Crippen LogP contribution >= 0.6 is 0 Å². The van der Waals surface area contributed by atoms with Crippen molar-refractivity contribution in [3.63, 3.8) is 0 Å². The molecule has 1 aromatic heterocycles. The molecule has 0 aliphatic carbocycles. The smallest absolute Gasteiger partial charge is 0.496 e. The van der Waals surface area contributed by atoms with Crippen molar-refractivity contribution in [3.8, 4) is 11.5 Å². The molecule has 0 bridgehead atoms. The van der Waals surface area contributed by atoms with Crippen LogP contribution in [0.2, 0.25) is 0 Å². The van der Waals surface area contributed by atoms with Crippen LogP contribution < -0.4 is 20.1 Å². The van der Waals surface area contributed by atoms with Crippen LogP contribution in [0, 0.1) is 0 Å². The number of rotatable bonds is 5. The van der Waals surface area contributed by atoms with Gasteiger partial charge >= 0.3 is 6.36 Å². The number of nitrogens with zero attached hydrogens (tertiary/aromatic N) is 2. The molecule has 2 N–H and O–H groups in total. The number of carbonyl (C=O) groups is 1. The standard InChI is InChI=1S/C15H13F3N4O3/c1-24-11-4-10(25-15(16,17)18)3-2-8(11)5-20-14-21-7-9-6-19-13(23)12(9)22-14/h2-4,7H,5-6H2,1H3,(H,19,23)(H,20,21,22). The normalized spacial score (nSPS) is 13.2. The molecule has 0 saturated heterocycles. The van der Waals surface area contributed by atoms with Gasteiger partial charge in [-0.05, 0) is 12.1 Å². The lowest BCUT2D eigenvalue weighted by Crippen LogP contribution is -2.17. The monoisotopic (exact) mass is 354 g/mol. The van der Waals surface area contributed by atoms with Crippen LogP contribution in [0.3, 0.4) is 0 Å². The average Bonchev–Trinajstić information content (AvgIpc) is 2.93. The van der Waals surface area contributed by atoms with Crippen molar-refractivity contribution in [2.75, 3.05) is 12.4 Å². The summed E-state index contributed by atoms with van der Waals surface area (Å²) in [6.07, 6.45) is -3.23. The number of hydrogen-bond acceptors (Lipinski definition) is 6. The molecule has 10 heteroatoms. The van der Waals surface area contributed by atoms with E-state index in [1.807, 2.05) is 0 Å². The molecule has 2 aromatic rings. The van der Waals surface area contributed by atoms with Gasteiger partial charge in [0.2, 0.25) is 5.95 Å². The number of alkyl halides is 3. The molecule has 0 fully saturated rings. The summed E-state index contributed by atoms with van der Waals surface area (Å²) in [5.74, 6) is -0.202. The number of benzene rings is 1. The van der Waals surface area contributed by atoms with E-state index in [-0.39, 0.29) is 29.9 Å². The third-order valence-corrected chi connectivity index (χ3v) is 3.45. The highest BCUT2D eigenvalue weighted by atomic mass is 19.4. The van der Waals surface area contributed by atoms with Crippen LogP contribution in [0.25, 0.3) is 0 Å². The molecule has 2 heterocycles. The predicted octanol–water partition coefficient (Wildman–Crippen LogP) is 2.24. The van der Waals surface area contributed by atoms with E-state index in [9.17, 15) is 18.0 Å². The quantitative estimate of drug-likeness (QED) is 0.857. The first-order valence-electron chi connectivity index (χ1n) is 7.16. The van der Waals surface area contributed by atoms with Gasteiger partial charge < -0.3 is 20.1 Å². The van der Waals surface area contributed by atoms with E-state index in [2.05, 4.69) is 25.3 Å². The van der Waals surface area contributed by atoms with Crippen LogP contribution in [0.4, 0.5) is 19.1 Å². The lowest BCUT2D eigenvalue weighted by atomic mass is 10.2. The van der Waals surface area contributed by atoms with E-state index in [1.165, 1.54) is 19.2 Å². The zero-order valence-electron chi connectivity index (χ0n) is 13.0. The van der Waals surface area contributed by atoms with Gasteiger partial charge in [-0.25, -0.2) is 9.97 Å². The number of hydrogen-bond donors (Lipinski definition) is 2. The van der Waals surface area contributed by atoms with Gasteiger partial charge in [0.15, 0.2) is 0 Å². The minimum absolute atomic E-state index is 0.190. The molecule has 3 rings (SSSR count). The molecule has 0 unspecified atom stereocenters. The fraction of sp³-hybridized carbons (Fsp3) is 0.267. The molecule has 0 atom stereocenters. The fourth-order valence-electron chi connectivity index (χ4n) is 2.32. The Hall–Kier alpha value is -3.04. The molecular weight excluding hydrogens is 341 g/mol. The van der Waals surface area contributed by atoms with Crippen molar-refractivity contribution in [2.45, 2.75) is 19.5 Å². The summed E-state index contributed by atoms with van der Waals surface area (Å²) in [6.45, 7) is 0.582. The zero-order valence-corrected chi connectivity index (χ0v) is 13.0. The summed E-state index contributed by atoms with van der Waals surface area (Å²) in [4.78, 5) is 19.8. The predicted molar refractivity (Wildman–Crippen MR) is 80.2 cm³/mol. The number of methoxy groups -OCH3 is 1. The maximum Gasteiger partial charge on any atom is 0.573 e. The Morgan fingerprint density at radius 3 is 2.88 bits per heavy atom. The molecule has 1 aliphatic rings. The van der Waals surface area contributed by atoms with Gasteiger partial charge in [0, 0.05) is 36.5 Å². The van der Waals surface area contributed by atoms with Crippen molar-refractivity contribution < 1.29 is 27.4 Å². The number of nitrogens with one attached hydrogen (secondary N) is 2. The van der Waals surface area contributed by atoms with E-state index in [1.54, 1.807) is 6.20 Å². The lowest BCUT2D eigenvalue weighted by Gasteiger charge is -2.13. The Labute approximate surface area is 140 Å². The summed E-state index contributed by atoms with van der Waals surface area (Å²) < 4.78 is 45.7. The van der Waals surface area contributed by atoms with Crippen molar-refractivity contribution in [1.82, 2.24) is 15.3 Å². The highest BCUT2D eigenvalue weighted by molar-refractivity contribution is 5.96. The Bertz CT molecular complexity index is 811. The maximum atomic E-state index is 12.3. The molecule has 1 aromatic carbocycles. The number of amides is 1. The van der Waals surface area contributed by atoms with Gasteiger partial charge in [0.05, 0.1) is 7.11 Å². The van der Waals surface area contributed by atoms with E-state index >= 15 is 0 Å². The van der Waals surface area contributed by atoms with Crippen LogP contribution in [0.5, 0.6) is 11.5 Å². The summed E-state index contributed by atoms with van der Waals surface area (Å²) in [6, 6.07) is 3.76. The first-order valence-corrected chi connectivity index (χ1v) is 7.16. The molecule has 0 spiro atoms. The van der Waals surface area contributed by atoms with Crippen molar-refractivity contribution >= 4 is 11.9 Å².